The van der Waals surface area contributed by atoms with Crippen LogP contribution in [0.15, 0.2) is 36.5 Å². The minimum atomic E-state index is -4.58. The van der Waals surface area contributed by atoms with Gasteiger partial charge < -0.3 is 14.5 Å². The summed E-state index contributed by atoms with van der Waals surface area (Å²) in [6.45, 7) is 3.57. The lowest BCUT2D eigenvalue weighted by Crippen LogP contribution is -2.49. The summed E-state index contributed by atoms with van der Waals surface area (Å²) in [5, 5.41) is 9.65. The molecule has 0 amide bonds. The highest BCUT2D eigenvalue weighted by atomic mass is 35.5. The molecule has 0 radical (unpaired) electrons. The fourth-order valence-electron chi connectivity index (χ4n) is 6.32. The van der Waals surface area contributed by atoms with E-state index in [0.29, 0.717) is 22.8 Å². The topological polar surface area (TPSA) is 52.4 Å². The molecular formula is C29H32ClF3N4OS. The minimum absolute atomic E-state index is 0.0960. The summed E-state index contributed by atoms with van der Waals surface area (Å²) in [7, 11) is 0. The van der Waals surface area contributed by atoms with E-state index in [-0.39, 0.29) is 17.4 Å². The maximum absolute atomic E-state index is 13.3. The van der Waals surface area contributed by atoms with Crippen LogP contribution in [0.4, 0.5) is 19.0 Å². The van der Waals surface area contributed by atoms with Crippen molar-refractivity contribution < 1.29 is 17.9 Å². The van der Waals surface area contributed by atoms with E-state index in [9.17, 15) is 13.2 Å². The average Bonchev–Trinajstić information content (AvgIpc) is 2.92. The van der Waals surface area contributed by atoms with Crippen LogP contribution in [0.5, 0.6) is 5.75 Å². The van der Waals surface area contributed by atoms with Gasteiger partial charge in [0.2, 0.25) is 0 Å². The zero-order valence-corrected chi connectivity index (χ0v) is 23.2. The summed E-state index contributed by atoms with van der Waals surface area (Å²) in [5.74, 6) is 3.03. The first-order valence-electron chi connectivity index (χ1n) is 13.6. The van der Waals surface area contributed by atoms with E-state index in [1.165, 1.54) is 25.0 Å². The Morgan fingerprint density at radius 2 is 1.79 bits per heavy atom. The van der Waals surface area contributed by atoms with E-state index in [2.05, 4.69) is 14.8 Å². The Morgan fingerprint density at radius 3 is 2.38 bits per heavy atom. The molecule has 1 saturated heterocycles. The van der Waals surface area contributed by atoms with Crippen molar-refractivity contribution in [3.05, 3.63) is 52.7 Å². The van der Waals surface area contributed by atoms with Crippen molar-refractivity contribution in [2.75, 3.05) is 31.1 Å². The molecular weight excluding hydrogens is 545 g/mol. The molecule has 2 aromatic rings. The highest BCUT2D eigenvalue weighted by Gasteiger charge is 2.40. The molecule has 5 nitrogen and oxygen atoms in total. The number of hydrogen-bond acceptors (Lipinski definition) is 5. The maximum Gasteiger partial charge on any atom is 0.417 e. The number of halogens is 4. The number of alkyl halides is 3. The predicted octanol–water partition coefficient (Wildman–Crippen LogP) is 7.13. The van der Waals surface area contributed by atoms with Crippen LogP contribution >= 0.6 is 23.8 Å². The molecule has 2 heterocycles. The second-order valence-corrected chi connectivity index (χ2v) is 11.8. The molecule has 3 fully saturated rings. The summed E-state index contributed by atoms with van der Waals surface area (Å²) in [6.07, 6.45) is 4.11. The molecule has 2 saturated carbocycles. The van der Waals surface area contributed by atoms with Crippen molar-refractivity contribution in [2.24, 2.45) is 17.8 Å². The van der Waals surface area contributed by atoms with Gasteiger partial charge in [-0.25, -0.2) is 4.98 Å². The van der Waals surface area contributed by atoms with Crippen LogP contribution in [0.2, 0.25) is 5.02 Å². The van der Waals surface area contributed by atoms with Crippen LogP contribution in [0, 0.1) is 29.1 Å². The van der Waals surface area contributed by atoms with Crippen LogP contribution in [0.1, 0.15) is 56.1 Å². The smallest absolute Gasteiger partial charge is 0.417 e. The number of pyridine rings is 1. The standard InChI is InChI=1S/C29H32ClF3N4OS/c30-22-5-10-27(35-18-22)36-11-13-37(14-12-36)28(39)15-20-4-9-25(20)19-1-6-23(7-2-19)38-24-8-3-21(17-34)26(16-24)29(31,32)33/h3,5,8,10,16,18-20,23,25H,1-2,4,6-7,9,11-15H2. The van der Waals surface area contributed by atoms with Crippen molar-refractivity contribution in [1.82, 2.24) is 9.88 Å². The molecule has 0 spiro atoms. The first-order valence-corrected chi connectivity index (χ1v) is 14.4. The molecule has 10 heteroatoms. The molecule has 0 N–H and O–H groups in total. The lowest BCUT2D eigenvalue weighted by molar-refractivity contribution is -0.137. The quantitative estimate of drug-likeness (QED) is 0.341. The zero-order chi connectivity index (χ0) is 27.6. The van der Waals surface area contributed by atoms with Gasteiger partial charge in [-0.15, -0.1) is 0 Å². The Kier molecular flexibility index (Phi) is 8.53. The van der Waals surface area contributed by atoms with Crippen molar-refractivity contribution in [1.29, 1.82) is 5.26 Å². The maximum atomic E-state index is 13.3. The van der Waals surface area contributed by atoms with Gasteiger partial charge >= 0.3 is 6.18 Å². The van der Waals surface area contributed by atoms with E-state index in [0.717, 1.165) is 75.2 Å². The summed E-state index contributed by atoms with van der Waals surface area (Å²) < 4.78 is 45.8. The van der Waals surface area contributed by atoms with Crippen molar-refractivity contribution in [3.8, 4) is 11.8 Å². The molecule has 208 valence electrons. The molecule has 5 rings (SSSR count). The van der Waals surface area contributed by atoms with E-state index < -0.39 is 11.7 Å². The third-order valence-corrected chi connectivity index (χ3v) is 9.27. The Morgan fingerprint density at radius 1 is 1.05 bits per heavy atom. The third kappa shape index (κ3) is 6.60. The number of anilines is 1. The second-order valence-electron chi connectivity index (χ2n) is 10.9. The van der Waals surface area contributed by atoms with E-state index >= 15 is 0 Å². The van der Waals surface area contributed by atoms with Gasteiger partial charge in [-0.3, -0.25) is 0 Å². The zero-order valence-electron chi connectivity index (χ0n) is 21.7. The Hall–Kier alpha value is -2.57. The van der Waals surface area contributed by atoms with Crippen LogP contribution in [0.25, 0.3) is 0 Å². The van der Waals surface area contributed by atoms with Gasteiger partial charge in [-0.1, -0.05) is 23.8 Å². The molecule has 2 aliphatic carbocycles. The highest BCUT2D eigenvalue weighted by molar-refractivity contribution is 7.80. The Balaban J connectivity index is 1.07. The SMILES string of the molecule is N#Cc1ccc(OC2CCC(C3CCC3CC(=S)N3CCN(c4ccc(Cl)cn4)CC3)CC2)cc1C(F)(F)F. The molecule has 1 aromatic carbocycles. The fraction of sp³-hybridized carbons (Fsp3) is 0.552. The van der Waals surface area contributed by atoms with E-state index in [1.807, 2.05) is 12.1 Å². The lowest BCUT2D eigenvalue weighted by atomic mass is 9.62. The van der Waals surface area contributed by atoms with Crippen LogP contribution < -0.4 is 9.64 Å². The highest BCUT2D eigenvalue weighted by Crippen LogP contribution is 2.47. The van der Waals surface area contributed by atoms with E-state index in [1.54, 1.807) is 12.3 Å². The molecule has 3 aliphatic rings. The average molecular weight is 577 g/mol. The number of rotatable bonds is 6. The number of nitrogens with zero attached hydrogens (tertiary/aromatic N) is 4. The number of nitriles is 1. The van der Waals surface area contributed by atoms with Gasteiger partial charge in [0, 0.05) is 38.8 Å². The lowest BCUT2D eigenvalue weighted by Gasteiger charge is -2.46. The Labute approximate surface area is 237 Å². The molecule has 0 bridgehead atoms. The number of ether oxygens (including phenoxy) is 1. The number of thiocarbonyl (C=S) groups is 1. The molecule has 1 aliphatic heterocycles. The number of hydrogen-bond donors (Lipinski definition) is 0. The van der Waals surface area contributed by atoms with Gasteiger partial charge in [0.25, 0.3) is 0 Å². The normalized spacial score (nSPS) is 25.5. The van der Waals surface area contributed by atoms with Crippen LogP contribution in [0.3, 0.4) is 0 Å². The number of benzene rings is 1. The number of piperazine rings is 1. The van der Waals surface area contributed by atoms with Gasteiger partial charge in [0.1, 0.15) is 11.6 Å². The van der Waals surface area contributed by atoms with Crippen molar-refractivity contribution >= 4 is 34.6 Å². The Bertz CT molecular complexity index is 1200. The van der Waals surface area contributed by atoms with Crippen LogP contribution in [-0.4, -0.2) is 47.2 Å². The molecule has 2 atom stereocenters. The number of aromatic nitrogens is 1. The van der Waals surface area contributed by atoms with Crippen LogP contribution in [-0.2, 0) is 6.18 Å². The molecule has 39 heavy (non-hydrogen) atoms. The van der Waals surface area contributed by atoms with Crippen molar-refractivity contribution in [2.45, 2.75) is 57.2 Å². The molecule has 1 aromatic heterocycles. The minimum Gasteiger partial charge on any atom is -0.490 e. The third-order valence-electron chi connectivity index (χ3n) is 8.63. The fourth-order valence-corrected chi connectivity index (χ4v) is 6.83. The molecule has 2 unspecified atom stereocenters. The monoisotopic (exact) mass is 576 g/mol. The summed E-state index contributed by atoms with van der Waals surface area (Å²) in [6, 6.07) is 9.06. The van der Waals surface area contributed by atoms with Crippen molar-refractivity contribution in [3.63, 3.8) is 0 Å². The summed E-state index contributed by atoms with van der Waals surface area (Å²) >= 11 is 11.8. The van der Waals surface area contributed by atoms with E-state index in [4.69, 9.17) is 33.8 Å². The van der Waals surface area contributed by atoms with Gasteiger partial charge in [0.15, 0.2) is 0 Å². The summed E-state index contributed by atoms with van der Waals surface area (Å²) in [5.41, 5.74) is -1.32. The predicted molar refractivity (Wildman–Crippen MR) is 149 cm³/mol. The first kappa shape index (κ1) is 28.0. The van der Waals surface area contributed by atoms with Gasteiger partial charge in [0.05, 0.1) is 33.3 Å². The van der Waals surface area contributed by atoms with Gasteiger partial charge in [-0.2, -0.15) is 18.4 Å². The largest absolute Gasteiger partial charge is 0.490 e. The van der Waals surface area contributed by atoms with Gasteiger partial charge in [-0.05, 0) is 86.6 Å². The summed E-state index contributed by atoms with van der Waals surface area (Å²) in [4.78, 5) is 10.1. The second kappa shape index (κ2) is 11.9. The first-order chi connectivity index (χ1) is 18.7.